The van der Waals surface area contributed by atoms with E-state index < -0.39 is 0 Å². The maximum absolute atomic E-state index is 4.67. The zero-order valence-corrected chi connectivity index (χ0v) is 12.1. The van der Waals surface area contributed by atoms with Gasteiger partial charge in [0.25, 0.3) is 0 Å². The maximum atomic E-state index is 4.67. The number of allylic oxidation sites excluding steroid dienone is 3. The van der Waals surface area contributed by atoms with Crippen molar-refractivity contribution in [3.8, 4) is 0 Å². The van der Waals surface area contributed by atoms with Gasteiger partial charge in [-0.3, -0.25) is 4.99 Å². The van der Waals surface area contributed by atoms with E-state index in [0.29, 0.717) is 5.25 Å². The summed E-state index contributed by atoms with van der Waals surface area (Å²) in [7, 11) is 0. The number of thioether (sulfide) groups is 1. The highest BCUT2D eigenvalue weighted by Crippen LogP contribution is 2.41. The standard InChI is InChI=1S/C12H7Br2NS/c13-7-1-3-9-11(5-7)16-12-6-8(14)2-4-10(12)15-9/h1-6,11H. The van der Waals surface area contributed by atoms with Crippen LogP contribution in [0.1, 0.15) is 0 Å². The zero-order chi connectivity index (χ0) is 11.1. The van der Waals surface area contributed by atoms with Gasteiger partial charge in [-0.25, -0.2) is 0 Å². The molecule has 2 aliphatic rings. The molecule has 1 aliphatic heterocycles. The van der Waals surface area contributed by atoms with Gasteiger partial charge in [0.05, 0.1) is 16.6 Å². The Morgan fingerprint density at radius 3 is 2.94 bits per heavy atom. The lowest BCUT2D eigenvalue weighted by Crippen LogP contribution is -2.17. The minimum absolute atomic E-state index is 0.334. The van der Waals surface area contributed by atoms with Crippen LogP contribution in [0.3, 0.4) is 0 Å². The van der Waals surface area contributed by atoms with E-state index in [-0.39, 0.29) is 0 Å². The van der Waals surface area contributed by atoms with Crippen LogP contribution in [0.25, 0.3) is 0 Å². The van der Waals surface area contributed by atoms with Gasteiger partial charge in [0.2, 0.25) is 0 Å². The third kappa shape index (κ3) is 1.94. The van der Waals surface area contributed by atoms with Gasteiger partial charge in [-0.05, 0) is 30.4 Å². The normalized spacial score (nSPS) is 22.0. The molecule has 0 saturated heterocycles. The monoisotopic (exact) mass is 355 g/mol. The van der Waals surface area contributed by atoms with Crippen molar-refractivity contribution in [2.75, 3.05) is 0 Å². The first kappa shape index (κ1) is 10.8. The van der Waals surface area contributed by atoms with Crippen molar-refractivity contribution in [2.45, 2.75) is 10.1 Å². The number of hydrogen-bond acceptors (Lipinski definition) is 2. The van der Waals surface area contributed by atoms with E-state index in [1.807, 2.05) is 23.9 Å². The molecule has 0 fully saturated rings. The first-order chi connectivity index (χ1) is 7.72. The summed E-state index contributed by atoms with van der Waals surface area (Å²) in [6.07, 6.45) is 6.31. The summed E-state index contributed by atoms with van der Waals surface area (Å²) in [6, 6.07) is 6.21. The lowest BCUT2D eigenvalue weighted by atomic mass is 10.1. The number of aliphatic imine (C=N–C) groups is 1. The lowest BCUT2D eigenvalue weighted by Gasteiger charge is -2.22. The first-order valence-corrected chi connectivity index (χ1v) is 7.29. The molecule has 1 unspecified atom stereocenters. The summed E-state index contributed by atoms with van der Waals surface area (Å²) in [6.45, 7) is 0. The summed E-state index contributed by atoms with van der Waals surface area (Å²) >= 11 is 8.83. The van der Waals surface area contributed by atoms with E-state index in [2.05, 4.69) is 61.1 Å². The topological polar surface area (TPSA) is 12.4 Å². The average Bonchev–Trinajstić information content (AvgIpc) is 2.26. The molecule has 1 aromatic carbocycles. The van der Waals surface area contributed by atoms with E-state index >= 15 is 0 Å². The van der Waals surface area contributed by atoms with Crippen LogP contribution in [0.4, 0.5) is 5.69 Å². The van der Waals surface area contributed by atoms with Crippen molar-refractivity contribution >= 4 is 55.0 Å². The summed E-state index contributed by atoms with van der Waals surface area (Å²) in [5, 5.41) is 0.334. The highest BCUT2D eigenvalue weighted by atomic mass is 79.9. The van der Waals surface area contributed by atoms with Crippen LogP contribution >= 0.6 is 43.6 Å². The Bertz CT molecular complexity index is 546. The fourth-order valence-corrected chi connectivity index (χ4v) is 3.95. The van der Waals surface area contributed by atoms with Gasteiger partial charge < -0.3 is 0 Å². The molecular formula is C12H7Br2NS. The predicted molar refractivity (Wildman–Crippen MR) is 77.0 cm³/mol. The van der Waals surface area contributed by atoms with Crippen molar-refractivity contribution < 1.29 is 0 Å². The Kier molecular flexibility index (Phi) is 2.81. The van der Waals surface area contributed by atoms with Crippen LogP contribution in [0.2, 0.25) is 0 Å². The Morgan fingerprint density at radius 2 is 2.06 bits per heavy atom. The molecule has 80 valence electrons. The SMILES string of the molecule is BrC1=CC2Sc3cc(Br)ccc3N=C2C=C1. The minimum atomic E-state index is 0.334. The number of benzene rings is 1. The molecule has 1 nitrogen and oxygen atoms in total. The number of nitrogens with zero attached hydrogens (tertiary/aromatic N) is 1. The van der Waals surface area contributed by atoms with E-state index in [0.717, 1.165) is 20.4 Å². The smallest absolute Gasteiger partial charge is 0.0770 e. The summed E-state index contributed by atoms with van der Waals surface area (Å²) < 4.78 is 2.23. The lowest BCUT2D eigenvalue weighted by molar-refractivity contribution is 1.28. The Balaban J connectivity index is 2.09. The van der Waals surface area contributed by atoms with Crippen LogP contribution in [-0.4, -0.2) is 11.0 Å². The molecule has 0 aromatic heterocycles. The van der Waals surface area contributed by atoms with Gasteiger partial charge in [0.15, 0.2) is 0 Å². The molecule has 0 spiro atoms. The molecule has 1 aliphatic carbocycles. The van der Waals surface area contributed by atoms with Gasteiger partial charge in [-0.2, -0.15) is 0 Å². The number of halogens is 2. The Labute approximate surface area is 115 Å². The molecular weight excluding hydrogens is 350 g/mol. The number of hydrogen-bond donors (Lipinski definition) is 0. The fourth-order valence-electron chi connectivity index (χ4n) is 1.69. The average molecular weight is 357 g/mol. The van der Waals surface area contributed by atoms with E-state index in [1.165, 1.54) is 4.90 Å². The molecule has 1 aromatic rings. The van der Waals surface area contributed by atoms with Gasteiger partial charge in [-0.1, -0.05) is 37.9 Å². The second-order valence-electron chi connectivity index (χ2n) is 3.57. The zero-order valence-electron chi connectivity index (χ0n) is 8.15. The quantitative estimate of drug-likeness (QED) is 0.647. The number of fused-ring (bicyclic) bond motifs is 2. The second kappa shape index (κ2) is 4.17. The molecule has 1 heterocycles. The van der Waals surface area contributed by atoms with Crippen molar-refractivity contribution in [2.24, 2.45) is 4.99 Å². The predicted octanol–water partition coefficient (Wildman–Crippen LogP) is 4.84. The van der Waals surface area contributed by atoms with Crippen LogP contribution in [0.5, 0.6) is 0 Å². The van der Waals surface area contributed by atoms with Crippen molar-refractivity contribution in [3.05, 3.63) is 45.4 Å². The summed E-state index contributed by atoms with van der Waals surface area (Å²) in [5.74, 6) is 0. The van der Waals surface area contributed by atoms with Gasteiger partial charge in [0.1, 0.15) is 0 Å². The molecule has 0 bridgehead atoms. The fraction of sp³-hybridized carbons (Fsp3) is 0.0833. The van der Waals surface area contributed by atoms with E-state index in [9.17, 15) is 0 Å². The molecule has 0 radical (unpaired) electrons. The van der Waals surface area contributed by atoms with Crippen LogP contribution in [0, 0.1) is 0 Å². The van der Waals surface area contributed by atoms with E-state index in [4.69, 9.17) is 0 Å². The van der Waals surface area contributed by atoms with Gasteiger partial charge >= 0.3 is 0 Å². The van der Waals surface area contributed by atoms with Crippen LogP contribution < -0.4 is 0 Å². The Morgan fingerprint density at radius 1 is 1.19 bits per heavy atom. The minimum Gasteiger partial charge on any atom is -0.251 e. The van der Waals surface area contributed by atoms with Crippen molar-refractivity contribution in [1.29, 1.82) is 0 Å². The largest absolute Gasteiger partial charge is 0.251 e. The van der Waals surface area contributed by atoms with Gasteiger partial charge in [-0.15, -0.1) is 11.8 Å². The molecule has 0 N–H and O–H groups in total. The molecule has 16 heavy (non-hydrogen) atoms. The first-order valence-electron chi connectivity index (χ1n) is 4.82. The Hall–Kier alpha value is -0.320. The van der Waals surface area contributed by atoms with Gasteiger partial charge in [0, 0.05) is 13.9 Å². The number of rotatable bonds is 0. The summed E-state index contributed by atoms with van der Waals surface area (Å²) in [5.41, 5.74) is 2.19. The third-order valence-electron chi connectivity index (χ3n) is 2.44. The van der Waals surface area contributed by atoms with Crippen molar-refractivity contribution in [1.82, 2.24) is 0 Å². The van der Waals surface area contributed by atoms with Crippen molar-refractivity contribution in [3.63, 3.8) is 0 Å². The molecule has 0 saturated carbocycles. The highest BCUT2D eigenvalue weighted by molar-refractivity contribution is 9.12. The van der Waals surface area contributed by atoms with Crippen LogP contribution in [0.15, 0.2) is 55.3 Å². The van der Waals surface area contributed by atoms with E-state index in [1.54, 1.807) is 0 Å². The molecule has 1 atom stereocenters. The second-order valence-corrected chi connectivity index (χ2v) is 6.59. The summed E-state index contributed by atoms with van der Waals surface area (Å²) in [4.78, 5) is 5.90. The molecule has 0 amide bonds. The third-order valence-corrected chi connectivity index (χ3v) is 4.68. The molecule has 3 rings (SSSR count). The molecule has 4 heteroatoms. The van der Waals surface area contributed by atoms with Crippen LogP contribution in [-0.2, 0) is 0 Å². The highest BCUT2D eigenvalue weighted by Gasteiger charge is 2.22. The maximum Gasteiger partial charge on any atom is 0.0770 e.